The molecule has 4 aliphatic rings. The second-order valence-corrected chi connectivity index (χ2v) is 11.2. The zero-order valence-corrected chi connectivity index (χ0v) is 17.6. The van der Waals surface area contributed by atoms with E-state index in [1.54, 1.807) is 0 Å². The molecule has 2 heteroatoms. The summed E-state index contributed by atoms with van der Waals surface area (Å²) in [4.78, 5) is 0. The fraction of sp³-hybridized carbons (Fsp3) is 1.00. The lowest BCUT2D eigenvalue weighted by atomic mass is 9.43. The Morgan fingerprint density at radius 2 is 1.73 bits per heavy atom. The predicted octanol–water partition coefficient (Wildman–Crippen LogP) is 5.41. The van der Waals surface area contributed by atoms with Crippen molar-refractivity contribution in [2.24, 2.45) is 46.3 Å². The molecule has 0 aliphatic heterocycles. The van der Waals surface area contributed by atoms with E-state index < -0.39 is 0 Å². The summed E-state index contributed by atoms with van der Waals surface area (Å²) in [6.45, 7) is 9.73. The Labute approximate surface area is 161 Å². The minimum Gasteiger partial charge on any atom is -0.393 e. The molecule has 2 unspecified atom stereocenters. The fourth-order valence-corrected chi connectivity index (χ4v) is 8.82. The van der Waals surface area contributed by atoms with Gasteiger partial charge in [0.25, 0.3) is 0 Å². The van der Waals surface area contributed by atoms with Gasteiger partial charge in [0.1, 0.15) is 0 Å². The largest absolute Gasteiger partial charge is 0.393 e. The molecule has 2 N–H and O–H groups in total. The van der Waals surface area contributed by atoms with E-state index in [0.717, 1.165) is 37.0 Å². The van der Waals surface area contributed by atoms with Crippen LogP contribution in [0.4, 0.5) is 0 Å². The van der Waals surface area contributed by atoms with Gasteiger partial charge >= 0.3 is 0 Å². The molecule has 0 aromatic carbocycles. The van der Waals surface area contributed by atoms with Gasteiger partial charge in [0, 0.05) is 0 Å². The molecule has 4 saturated carbocycles. The monoisotopic (exact) mass is 362 g/mol. The van der Waals surface area contributed by atoms with Crippen molar-refractivity contribution in [1.29, 1.82) is 0 Å². The molecule has 0 radical (unpaired) electrons. The lowest BCUT2D eigenvalue weighted by Gasteiger charge is -2.62. The summed E-state index contributed by atoms with van der Waals surface area (Å²) in [5.74, 6) is 4.37. The molecule has 2 nitrogen and oxygen atoms in total. The van der Waals surface area contributed by atoms with Crippen LogP contribution in [-0.4, -0.2) is 22.4 Å². The summed E-state index contributed by atoms with van der Waals surface area (Å²) in [5, 5.41) is 21.7. The van der Waals surface area contributed by atoms with Gasteiger partial charge in [-0.2, -0.15) is 0 Å². The van der Waals surface area contributed by atoms with E-state index in [1.165, 1.54) is 44.9 Å². The first-order valence-electron chi connectivity index (χ1n) is 11.7. The highest BCUT2D eigenvalue weighted by molar-refractivity contribution is 5.12. The molecule has 4 aliphatic carbocycles. The van der Waals surface area contributed by atoms with Gasteiger partial charge in [-0.1, -0.05) is 40.5 Å². The van der Waals surface area contributed by atoms with Crippen molar-refractivity contribution < 1.29 is 10.2 Å². The van der Waals surface area contributed by atoms with Crippen LogP contribution in [0.3, 0.4) is 0 Å². The third-order valence-electron chi connectivity index (χ3n) is 10.2. The molecule has 0 amide bonds. The summed E-state index contributed by atoms with van der Waals surface area (Å²) in [6.07, 6.45) is 11.9. The van der Waals surface area contributed by atoms with Gasteiger partial charge < -0.3 is 10.2 Å². The molecule has 0 aromatic rings. The quantitative estimate of drug-likeness (QED) is 0.704. The van der Waals surface area contributed by atoms with Gasteiger partial charge in [-0.15, -0.1) is 0 Å². The zero-order chi connectivity index (χ0) is 18.7. The summed E-state index contributed by atoms with van der Waals surface area (Å²) in [6, 6.07) is 0. The predicted molar refractivity (Wildman–Crippen MR) is 107 cm³/mol. The van der Waals surface area contributed by atoms with Crippen molar-refractivity contribution in [3.63, 3.8) is 0 Å². The third kappa shape index (κ3) is 2.65. The maximum Gasteiger partial charge on any atom is 0.0602 e. The van der Waals surface area contributed by atoms with Gasteiger partial charge in [-0.05, 0) is 97.7 Å². The van der Waals surface area contributed by atoms with Gasteiger partial charge in [0.15, 0.2) is 0 Å². The maximum atomic E-state index is 11.5. The third-order valence-corrected chi connectivity index (χ3v) is 10.2. The topological polar surface area (TPSA) is 40.5 Å². The normalized spacial score (nSPS) is 54.9. The first-order valence-corrected chi connectivity index (χ1v) is 11.7. The summed E-state index contributed by atoms with van der Waals surface area (Å²) >= 11 is 0. The van der Waals surface area contributed by atoms with Crippen LogP contribution in [0.5, 0.6) is 0 Å². The number of aliphatic hydroxyl groups excluding tert-OH is 2. The van der Waals surface area contributed by atoms with Crippen LogP contribution in [0.2, 0.25) is 0 Å². The van der Waals surface area contributed by atoms with E-state index in [4.69, 9.17) is 0 Å². The van der Waals surface area contributed by atoms with Crippen molar-refractivity contribution in [3.05, 3.63) is 0 Å². The van der Waals surface area contributed by atoms with E-state index in [0.29, 0.717) is 23.2 Å². The van der Waals surface area contributed by atoms with E-state index in [2.05, 4.69) is 27.7 Å². The first-order chi connectivity index (χ1) is 12.3. The number of fused-ring (bicyclic) bond motifs is 5. The summed E-state index contributed by atoms with van der Waals surface area (Å²) < 4.78 is 0. The standard InChI is InChI=1S/C24H42O2/c1-5-6-15(2)19-9-10-20-18-8-7-16-13-17(25)11-12-23(16,3)21(18)14-22(26)24(19,20)4/h15-22,25-26H,5-14H2,1-4H3/t15-,16-,17?,18+,19-,20+,21+,22?,23+,24-/m1/s1. The van der Waals surface area contributed by atoms with Crippen molar-refractivity contribution in [2.45, 2.75) is 104 Å². The molecule has 0 saturated heterocycles. The molecule has 0 bridgehead atoms. The Balaban J connectivity index is 1.61. The highest BCUT2D eigenvalue weighted by Crippen LogP contribution is 2.68. The van der Waals surface area contributed by atoms with Crippen LogP contribution in [0, 0.1) is 46.3 Å². The Kier molecular flexibility index (Phi) is 5.01. The minimum absolute atomic E-state index is 0.0749. The van der Waals surface area contributed by atoms with Gasteiger partial charge in [-0.3, -0.25) is 0 Å². The van der Waals surface area contributed by atoms with E-state index in [9.17, 15) is 10.2 Å². The van der Waals surface area contributed by atoms with Crippen molar-refractivity contribution in [2.75, 3.05) is 0 Å². The molecule has 150 valence electrons. The average molecular weight is 363 g/mol. The summed E-state index contributed by atoms with van der Waals surface area (Å²) in [5.41, 5.74) is 0.505. The fourth-order valence-electron chi connectivity index (χ4n) is 8.82. The lowest BCUT2D eigenvalue weighted by Crippen LogP contribution is -2.58. The SMILES string of the molecule is CCC[C@@H](C)[C@H]1CC[C@H]2[C@@H]3CC[C@@H]4CC(O)CC[C@]4(C)[C@H]3CC(O)[C@]12C. The van der Waals surface area contributed by atoms with Crippen molar-refractivity contribution in [3.8, 4) is 0 Å². The summed E-state index contributed by atoms with van der Waals surface area (Å²) in [7, 11) is 0. The number of aliphatic hydroxyl groups is 2. The van der Waals surface area contributed by atoms with Crippen LogP contribution in [-0.2, 0) is 0 Å². The van der Waals surface area contributed by atoms with Crippen LogP contribution >= 0.6 is 0 Å². The second-order valence-electron chi connectivity index (χ2n) is 11.2. The molecule has 4 rings (SSSR count). The average Bonchev–Trinajstić information content (AvgIpc) is 2.96. The number of hydrogen-bond acceptors (Lipinski definition) is 2. The lowest BCUT2D eigenvalue weighted by molar-refractivity contribution is -0.174. The minimum atomic E-state index is -0.122. The van der Waals surface area contributed by atoms with Crippen LogP contribution in [0.25, 0.3) is 0 Å². The van der Waals surface area contributed by atoms with Crippen molar-refractivity contribution >= 4 is 0 Å². The Bertz CT molecular complexity index is 518. The van der Waals surface area contributed by atoms with Crippen LogP contribution in [0.15, 0.2) is 0 Å². The molecule has 0 spiro atoms. The second kappa shape index (κ2) is 6.76. The molecular formula is C24H42O2. The highest BCUT2D eigenvalue weighted by Gasteiger charge is 2.63. The Morgan fingerprint density at radius 1 is 0.962 bits per heavy atom. The highest BCUT2D eigenvalue weighted by atomic mass is 16.3. The molecule has 0 aromatic heterocycles. The van der Waals surface area contributed by atoms with Crippen LogP contribution in [0.1, 0.15) is 91.9 Å². The van der Waals surface area contributed by atoms with Crippen LogP contribution < -0.4 is 0 Å². The Hall–Kier alpha value is -0.0800. The molecule has 0 heterocycles. The van der Waals surface area contributed by atoms with E-state index >= 15 is 0 Å². The molecule has 10 atom stereocenters. The maximum absolute atomic E-state index is 11.5. The van der Waals surface area contributed by atoms with Crippen molar-refractivity contribution in [1.82, 2.24) is 0 Å². The van der Waals surface area contributed by atoms with Gasteiger partial charge in [0.05, 0.1) is 12.2 Å². The molecular weight excluding hydrogens is 320 g/mol. The van der Waals surface area contributed by atoms with E-state index in [-0.39, 0.29) is 17.6 Å². The smallest absolute Gasteiger partial charge is 0.0602 e. The van der Waals surface area contributed by atoms with Gasteiger partial charge in [-0.25, -0.2) is 0 Å². The zero-order valence-electron chi connectivity index (χ0n) is 17.6. The number of hydrogen-bond donors (Lipinski definition) is 2. The molecule has 4 fully saturated rings. The van der Waals surface area contributed by atoms with E-state index in [1.807, 2.05) is 0 Å². The Morgan fingerprint density at radius 3 is 2.46 bits per heavy atom. The van der Waals surface area contributed by atoms with Gasteiger partial charge in [0.2, 0.25) is 0 Å². The number of rotatable bonds is 3. The first kappa shape index (κ1) is 19.2. The molecule has 26 heavy (non-hydrogen) atoms.